The highest BCUT2D eigenvalue weighted by atomic mass is 16.6. The van der Waals surface area contributed by atoms with Crippen molar-refractivity contribution in [1.82, 2.24) is 15.0 Å². The highest BCUT2D eigenvalue weighted by molar-refractivity contribution is 6.01. The van der Waals surface area contributed by atoms with Gasteiger partial charge in [-0.15, -0.1) is 0 Å². The van der Waals surface area contributed by atoms with Crippen molar-refractivity contribution in [3.63, 3.8) is 0 Å². The van der Waals surface area contributed by atoms with E-state index in [9.17, 15) is 48.9 Å². The van der Waals surface area contributed by atoms with Crippen LogP contribution in [0.1, 0.15) is 233 Å². The van der Waals surface area contributed by atoms with Crippen molar-refractivity contribution in [1.29, 1.82) is 0 Å². The average molecular weight is 1920 g/mol. The number of carbonyl (C=O) groups excluding carboxylic acids is 5. The standard InChI is InChI=1S/C26H29NO4.2C25H27NO4.C16H20O5.C16H14O2.C10H10O2/c1-4-29-26(28)17(2)22-12-10-20-16-21(11-13-23(20)22)30-15-14-24-18(3)31-25(27-24)19-8-6-5-7-9-19;2*1-3-20(25(27)28)22-11-9-18-15-19(10-12-21(18)22)29-14-13-23-16(2)30-24(26-23)17-7-5-4-6-8-17;1-3-20-15(18)14(16(19)21-4-2)13-7-5-10-9-11(17)6-8-12(10)13;17-16-9-6-13-10-14(7-8-15(13)16)18-11-12-4-2-1-3-5-12;1-12-8-3-4-9-7(6-8)2-5-10(9)11/h5-9,11,13,16-17,22H,4,10,12,14-15H2,1-3H3;2*4-8,10,12,15,20,22H,3,9,11,13-14H2,1-2H3,(H,27,28);6,8-9,13-14,17H,3-5,7H2,1-2H3;1-5,7-8,10H,6,9,11H2;3-4,6H,2,5H2,1H3. The van der Waals surface area contributed by atoms with Crippen molar-refractivity contribution >= 4 is 41.4 Å². The minimum Gasteiger partial charge on any atom is -0.508 e. The molecule has 19 rings (SSSR count). The first kappa shape index (κ1) is 103. The van der Waals surface area contributed by atoms with Crippen LogP contribution in [0, 0.1) is 44.4 Å². The number of methoxy groups -OCH3 is 1. The van der Waals surface area contributed by atoms with E-state index in [0.717, 1.165) is 188 Å². The smallest absolute Gasteiger partial charge is 0.320 e. The zero-order valence-electron chi connectivity index (χ0n) is 82.6. The maximum absolute atomic E-state index is 12.2. The molecule has 142 heavy (non-hydrogen) atoms. The van der Waals surface area contributed by atoms with Crippen LogP contribution in [0.25, 0.3) is 34.4 Å². The molecule has 3 heterocycles. The van der Waals surface area contributed by atoms with Gasteiger partial charge in [-0.1, -0.05) is 130 Å². The highest BCUT2D eigenvalue weighted by Gasteiger charge is 2.42. The molecule has 0 radical (unpaired) electrons. The number of phenolic OH excluding ortho intramolecular Hbond substituents is 1. The Labute approximate surface area is 829 Å². The normalized spacial score (nSPS) is 15.8. The summed E-state index contributed by atoms with van der Waals surface area (Å²) in [4.78, 5) is 96.2. The number of aromatic hydroxyl groups is 1. The number of phenols is 1. The molecule has 0 aliphatic heterocycles. The van der Waals surface area contributed by atoms with Crippen LogP contribution in [0.4, 0.5) is 0 Å². The van der Waals surface area contributed by atoms with Crippen molar-refractivity contribution in [3.8, 4) is 68.9 Å². The first-order valence-electron chi connectivity index (χ1n) is 49.5. The van der Waals surface area contributed by atoms with Crippen molar-refractivity contribution < 1.29 is 100 Å². The Morgan fingerprint density at radius 1 is 0.373 bits per heavy atom. The lowest BCUT2D eigenvalue weighted by Gasteiger charge is -2.21. The number of ether oxygens (including phenoxy) is 8. The molecule has 7 atom stereocenters. The second-order valence-corrected chi connectivity index (χ2v) is 36.2. The predicted octanol–water partition coefficient (Wildman–Crippen LogP) is 23.7. The van der Waals surface area contributed by atoms with Crippen molar-refractivity contribution in [3.05, 3.63) is 337 Å². The van der Waals surface area contributed by atoms with Gasteiger partial charge in [0.15, 0.2) is 17.5 Å². The number of carboxylic acids is 2. The largest absolute Gasteiger partial charge is 0.508 e. The van der Waals surface area contributed by atoms with Gasteiger partial charge < -0.3 is 66.5 Å². The van der Waals surface area contributed by atoms with Gasteiger partial charge in [0.2, 0.25) is 17.7 Å². The molecule has 6 aliphatic rings. The van der Waals surface area contributed by atoms with E-state index in [-0.39, 0.29) is 77.9 Å². The Bertz CT molecular complexity index is 6290. The number of rotatable bonds is 33. The number of aromatic nitrogens is 3. The van der Waals surface area contributed by atoms with Crippen LogP contribution in [0.15, 0.2) is 244 Å². The molecule has 10 aromatic carbocycles. The molecule has 0 saturated carbocycles. The first-order valence-corrected chi connectivity index (χ1v) is 49.5. The number of Topliss-reactive ketones (excluding diaryl/α,β-unsaturated/α-hetero) is 2. The number of carbonyl (C=O) groups is 7. The lowest BCUT2D eigenvalue weighted by atomic mass is 9.85. The number of hydrogen-bond acceptors (Lipinski definition) is 22. The Morgan fingerprint density at radius 3 is 1.10 bits per heavy atom. The number of benzene rings is 10. The molecule has 0 bridgehead atoms. The van der Waals surface area contributed by atoms with E-state index in [1.54, 1.807) is 39.2 Å². The molecule has 3 N–H and O–H groups in total. The fourth-order valence-electron chi connectivity index (χ4n) is 19.8. The summed E-state index contributed by atoms with van der Waals surface area (Å²) < 4.78 is 61.5. The van der Waals surface area contributed by atoms with E-state index >= 15 is 0 Å². The highest BCUT2D eigenvalue weighted by Crippen LogP contribution is 2.46. The molecule has 6 aliphatic carbocycles. The van der Waals surface area contributed by atoms with Crippen LogP contribution < -0.4 is 23.7 Å². The van der Waals surface area contributed by atoms with Gasteiger partial charge in [-0.05, 0) is 319 Å². The fourth-order valence-corrected chi connectivity index (χ4v) is 19.8. The number of aryl methyl sites for hydroxylation is 9. The second-order valence-electron chi connectivity index (χ2n) is 36.2. The van der Waals surface area contributed by atoms with E-state index in [1.165, 1.54) is 22.3 Å². The Morgan fingerprint density at radius 2 is 0.704 bits per heavy atom. The van der Waals surface area contributed by atoms with Gasteiger partial charge in [0.05, 0.1) is 81.6 Å². The molecule has 3 aromatic heterocycles. The van der Waals surface area contributed by atoms with Crippen LogP contribution >= 0.6 is 0 Å². The summed E-state index contributed by atoms with van der Waals surface area (Å²) in [5.74, 6) is 5.14. The van der Waals surface area contributed by atoms with Gasteiger partial charge in [-0.3, -0.25) is 33.6 Å². The van der Waals surface area contributed by atoms with Gasteiger partial charge in [-0.2, -0.15) is 0 Å². The van der Waals surface area contributed by atoms with E-state index in [1.807, 2.05) is 237 Å². The molecular formula is C118H127N3O21. The lowest BCUT2D eigenvalue weighted by Crippen LogP contribution is -2.32. The third-order valence-corrected chi connectivity index (χ3v) is 27.2. The summed E-state index contributed by atoms with van der Waals surface area (Å²) in [6.07, 6.45) is 13.2. The lowest BCUT2D eigenvalue weighted by molar-refractivity contribution is -0.163. The summed E-state index contributed by atoms with van der Waals surface area (Å²) in [6, 6.07) is 74.5. The van der Waals surface area contributed by atoms with Crippen molar-refractivity contribution in [2.24, 2.45) is 23.7 Å². The monoisotopic (exact) mass is 1920 g/mol. The maximum Gasteiger partial charge on any atom is 0.320 e. The SMILES string of the molecule is CCC(C(=O)O)C1CCc2cc(OCCc3nc(-c4ccccc4)oc3C)ccc21.CCC(C(=O)O)C1CCc2cc(OCCc3nc(-c4ccccc4)oc3C)ccc21.CCOC(=O)C(C(=O)OCC)C1CCc2cc(O)ccc21.CCOC(=O)C(C)C1CCc2cc(OCCc3nc(-c4ccccc4)oc3C)ccc21.COc1ccc2c(c1)CCC2=O.O=C1CCc2cc(OCc3ccccc3)ccc21. The Balaban J connectivity index is 0.000000138. The molecule has 0 amide bonds. The average Bonchev–Trinajstić information content (AvgIpc) is 1.66. The summed E-state index contributed by atoms with van der Waals surface area (Å²) in [5, 5.41) is 28.5. The van der Waals surface area contributed by atoms with Gasteiger partial charge in [-0.25, -0.2) is 15.0 Å². The molecule has 24 heteroatoms. The Hall–Kier alpha value is -14.7. The van der Waals surface area contributed by atoms with Crippen LogP contribution in [0.5, 0.6) is 34.5 Å². The molecule has 740 valence electrons. The number of oxazole rings is 3. The molecule has 0 fully saturated rings. The van der Waals surface area contributed by atoms with Crippen LogP contribution in [0.3, 0.4) is 0 Å². The van der Waals surface area contributed by atoms with Gasteiger partial charge in [0.25, 0.3) is 0 Å². The molecule has 7 unspecified atom stereocenters. The maximum atomic E-state index is 12.2. The summed E-state index contributed by atoms with van der Waals surface area (Å²) in [6.45, 7) is 19.9. The third-order valence-electron chi connectivity index (χ3n) is 27.2. The summed E-state index contributed by atoms with van der Waals surface area (Å²) in [7, 11) is 1.64. The van der Waals surface area contributed by atoms with E-state index < -0.39 is 29.8 Å². The number of ketones is 2. The minimum atomic E-state index is -0.935. The third kappa shape index (κ3) is 26.3. The fraction of sp³-hybridized carbons (Fsp3) is 0.356. The number of esters is 3. The van der Waals surface area contributed by atoms with Crippen LogP contribution in [0.2, 0.25) is 0 Å². The number of aliphatic carboxylic acids is 2. The Kier molecular flexibility index (Phi) is 36.3. The van der Waals surface area contributed by atoms with Crippen molar-refractivity contribution in [2.45, 2.75) is 202 Å². The molecule has 0 saturated heterocycles. The molecular weight excluding hydrogens is 1800 g/mol. The minimum absolute atomic E-state index is 0.103. The summed E-state index contributed by atoms with van der Waals surface area (Å²) >= 11 is 0. The molecule has 13 aromatic rings. The quantitative estimate of drug-likeness (QED) is 0.0195. The predicted molar refractivity (Wildman–Crippen MR) is 540 cm³/mol. The number of fused-ring (bicyclic) bond motifs is 6. The van der Waals surface area contributed by atoms with Gasteiger partial charge in [0.1, 0.15) is 58.4 Å². The van der Waals surface area contributed by atoms with Gasteiger partial charge in [0, 0.05) is 65.8 Å². The second kappa shape index (κ2) is 49.9. The molecule has 0 spiro atoms. The topological polar surface area (TPSA) is 332 Å². The number of nitrogens with zero attached hydrogens (tertiary/aromatic N) is 3. The summed E-state index contributed by atoms with van der Waals surface area (Å²) in [5.41, 5.74) is 19.9. The zero-order valence-corrected chi connectivity index (χ0v) is 82.6. The van der Waals surface area contributed by atoms with Crippen LogP contribution in [-0.4, -0.2) is 118 Å². The number of hydrogen-bond donors (Lipinski definition) is 3. The van der Waals surface area contributed by atoms with E-state index in [2.05, 4.69) is 39.2 Å². The van der Waals surface area contributed by atoms with Gasteiger partial charge >= 0.3 is 29.8 Å². The molecule has 24 nitrogen and oxygen atoms in total. The zero-order chi connectivity index (χ0) is 100. The van der Waals surface area contributed by atoms with E-state index in [4.69, 9.17) is 51.1 Å². The van der Waals surface area contributed by atoms with Crippen LogP contribution in [-0.2, 0) is 103 Å². The number of carboxylic acid groups (broad SMARTS) is 2. The van der Waals surface area contributed by atoms with E-state index in [0.29, 0.717) is 102 Å². The van der Waals surface area contributed by atoms with Crippen molar-refractivity contribution in [2.75, 3.05) is 46.8 Å². The first-order chi connectivity index (χ1) is 68.9.